The minimum absolute atomic E-state index is 0.134. The zero-order valence-electron chi connectivity index (χ0n) is 19.7. The lowest BCUT2D eigenvalue weighted by Gasteiger charge is -2.29. The van der Waals surface area contributed by atoms with E-state index in [0.717, 1.165) is 0 Å². The van der Waals surface area contributed by atoms with Crippen molar-refractivity contribution in [3.63, 3.8) is 0 Å². The maximum Gasteiger partial charge on any atom is 0.247 e. The quantitative estimate of drug-likeness (QED) is 0.425. The first-order valence-corrected chi connectivity index (χ1v) is 12.9. The van der Waals surface area contributed by atoms with Gasteiger partial charge < -0.3 is 10.6 Å². The molecule has 0 bridgehead atoms. The maximum absolute atomic E-state index is 14.7. The molecule has 1 fully saturated rings. The number of amides is 1. The number of rotatable bonds is 8. The number of anilines is 1. The second-order valence-corrected chi connectivity index (χ2v) is 10.8. The fourth-order valence-corrected chi connectivity index (χ4v) is 5.31. The van der Waals surface area contributed by atoms with Crippen molar-refractivity contribution in [1.29, 1.82) is 5.26 Å². The number of halogens is 1. The van der Waals surface area contributed by atoms with Crippen LogP contribution in [0.1, 0.15) is 42.6 Å². The Kier molecular flexibility index (Phi) is 7.40. The molecular weight excluding hydrogens is 483 g/mol. The highest BCUT2D eigenvalue weighted by Crippen LogP contribution is 2.37. The van der Waals surface area contributed by atoms with Gasteiger partial charge in [0.15, 0.2) is 0 Å². The summed E-state index contributed by atoms with van der Waals surface area (Å²) in [6, 6.07) is 9.61. The van der Waals surface area contributed by atoms with E-state index in [4.69, 9.17) is 0 Å². The van der Waals surface area contributed by atoms with E-state index in [-0.39, 0.29) is 11.6 Å². The summed E-state index contributed by atoms with van der Waals surface area (Å²) >= 11 is 0. The first-order valence-electron chi connectivity index (χ1n) is 11.3. The van der Waals surface area contributed by atoms with E-state index in [1.165, 1.54) is 36.8 Å². The Morgan fingerprint density at radius 2 is 2.00 bits per heavy atom. The Labute approximate surface area is 208 Å². The molecule has 3 aromatic rings. The van der Waals surface area contributed by atoms with Crippen LogP contribution in [-0.2, 0) is 14.8 Å². The summed E-state index contributed by atoms with van der Waals surface area (Å²) in [5, 5.41) is 14.4. The molecule has 0 aliphatic carbocycles. The summed E-state index contributed by atoms with van der Waals surface area (Å²) in [5.41, 5.74) is 2.17. The molecule has 11 heteroatoms. The molecule has 0 radical (unpaired) electrons. The third kappa shape index (κ3) is 5.41. The van der Waals surface area contributed by atoms with Crippen LogP contribution in [0.2, 0.25) is 0 Å². The Morgan fingerprint density at radius 1 is 1.22 bits per heavy atom. The third-order valence-corrected chi connectivity index (χ3v) is 7.71. The van der Waals surface area contributed by atoms with Gasteiger partial charge in [-0.2, -0.15) is 9.98 Å². The largest absolute Gasteiger partial charge is 0.324 e. The number of nitrogens with zero attached hydrogens (tertiary/aromatic N) is 3. The summed E-state index contributed by atoms with van der Waals surface area (Å²) in [4.78, 5) is 21.6. The Morgan fingerprint density at radius 3 is 2.61 bits per heavy atom. The third-order valence-electron chi connectivity index (χ3n) is 5.93. The minimum atomic E-state index is -3.82. The van der Waals surface area contributed by atoms with Gasteiger partial charge in [-0.25, -0.2) is 17.8 Å². The van der Waals surface area contributed by atoms with Crippen LogP contribution in [0.25, 0.3) is 11.1 Å². The Hall–Kier alpha value is -3.72. The van der Waals surface area contributed by atoms with Crippen LogP contribution in [0.3, 0.4) is 0 Å². The number of aromatic nitrogens is 2. The average Bonchev–Trinajstić information content (AvgIpc) is 2.82. The molecule has 186 valence electrons. The maximum atomic E-state index is 14.7. The number of hydrogen-bond acceptors (Lipinski definition) is 7. The lowest BCUT2D eigenvalue weighted by molar-refractivity contribution is -0.117. The highest BCUT2D eigenvalue weighted by Gasteiger charge is 2.36. The standard InChI is InChI=1S/C25H25FN6O3S/c1-15(2)21-9-18(26)10-22(16-5-7-30-19(8-16)11-27)24(21)31-25(33)23(17-4-3-6-28-12-17)32-36(34,35)20-13-29-14-20/h3-10,12,15,20,23,29,32H,13-14H2,1-2H3,(H,31,33). The number of nitrogens with one attached hydrogen (secondary N) is 3. The summed E-state index contributed by atoms with van der Waals surface area (Å²) < 4.78 is 43.0. The predicted octanol–water partition coefficient (Wildman–Crippen LogP) is 2.85. The van der Waals surface area contributed by atoms with Gasteiger partial charge in [-0.05, 0) is 52.9 Å². The van der Waals surface area contributed by atoms with Gasteiger partial charge in [0.05, 0.1) is 5.69 Å². The molecule has 1 aliphatic heterocycles. The van der Waals surface area contributed by atoms with Crippen LogP contribution in [0, 0.1) is 17.1 Å². The number of nitriles is 1. The number of hydrogen-bond donors (Lipinski definition) is 3. The van der Waals surface area contributed by atoms with Crippen LogP contribution in [0.5, 0.6) is 0 Å². The first-order chi connectivity index (χ1) is 17.2. The summed E-state index contributed by atoms with van der Waals surface area (Å²) in [6.07, 6.45) is 4.37. The molecule has 1 atom stereocenters. The van der Waals surface area contributed by atoms with Crippen molar-refractivity contribution in [2.24, 2.45) is 0 Å². The summed E-state index contributed by atoms with van der Waals surface area (Å²) in [7, 11) is -3.82. The fraction of sp³-hybridized carbons (Fsp3) is 0.280. The van der Waals surface area contributed by atoms with E-state index in [9.17, 15) is 22.9 Å². The van der Waals surface area contributed by atoms with Crippen LogP contribution in [0.15, 0.2) is 55.0 Å². The van der Waals surface area contributed by atoms with Gasteiger partial charge in [0, 0.05) is 37.2 Å². The van der Waals surface area contributed by atoms with Crippen LogP contribution in [0.4, 0.5) is 10.1 Å². The van der Waals surface area contributed by atoms with Crippen molar-refractivity contribution >= 4 is 21.6 Å². The van der Waals surface area contributed by atoms with Gasteiger partial charge in [0.2, 0.25) is 15.9 Å². The van der Waals surface area contributed by atoms with Gasteiger partial charge in [0.1, 0.15) is 28.9 Å². The van der Waals surface area contributed by atoms with E-state index in [2.05, 4.69) is 25.3 Å². The Bertz CT molecular complexity index is 1420. The molecule has 1 aromatic carbocycles. The van der Waals surface area contributed by atoms with Crippen LogP contribution >= 0.6 is 0 Å². The zero-order chi connectivity index (χ0) is 25.9. The van der Waals surface area contributed by atoms with Crippen molar-refractivity contribution in [2.75, 3.05) is 18.4 Å². The van der Waals surface area contributed by atoms with Crippen LogP contribution < -0.4 is 15.4 Å². The van der Waals surface area contributed by atoms with Gasteiger partial charge >= 0.3 is 0 Å². The summed E-state index contributed by atoms with van der Waals surface area (Å²) in [6.45, 7) is 4.29. The zero-order valence-corrected chi connectivity index (χ0v) is 20.5. The Balaban J connectivity index is 1.78. The van der Waals surface area contributed by atoms with Crippen molar-refractivity contribution in [3.8, 4) is 17.2 Å². The second kappa shape index (κ2) is 10.5. The molecule has 1 saturated heterocycles. The van der Waals surface area contributed by atoms with Crippen molar-refractivity contribution in [3.05, 3.63) is 77.6 Å². The molecule has 3 N–H and O–H groups in total. The van der Waals surface area contributed by atoms with Crippen molar-refractivity contribution < 1.29 is 17.6 Å². The molecule has 1 amide bonds. The molecule has 3 heterocycles. The molecule has 1 aliphatic rings. The SMILES string of the molecule is CC(C)c1cc(F)cc(-c2ccnc(C#N)c2)c1NC(=O)C(NS(=O)(=O)C1CNC1)c1cccnc1. The van der Waals surface area contributed by atoms with Crippen molar-refractivity contribution in [2.45, 2.75) is 31.1 Å². The van der Waals surface area contributed by atoms with Crippen molar-refractivity contribution in [1.82, 2.24) is 20.0 Å². The number of benzene rings is 1. The molecule has 0 saturated carbocycles. The molecule has 36 heavy (non-hydrogen) atoms. The number of pyridine rings is 2. The first kappa shape index (κ1) is 25.4. The van der Waals surface area contributed by atoms with E-state index in [0.29, 0.717) is 41.0 Å². The smallest absolute Gasteiger partial charge is 0.247 e. The predicted molar refractivity (Wildman–Crippen MR) is 133 cm³/mol. The number of carbonyl (C=O) groups excluding carboxylic acids is 1. The molecule has 2 aromatic heterocycles. The average molecular weight is 509 g/mol. The highest BCUT2D eigenvalue weighted by molar-refractivity contribution is 7.90. The van der Waals surface area contributed by atoms with E-state index < -0.39 is 33.0 Å². The minimum Gasteiger partial charge on any atom is -0.324 e. The normalized spacial score (nSPS) is 14.6. The van der Waals surface area contributed by atoms with E-state index in [1.54, 1.807) is 18.2 Å². The number of carbonyl (C=O) groups is 1. The highest BCUT2D eigenvalue weighted by atomic mass is 32.2. The van der Waals surface area contributed by atoms with Crippen LogP contribution in [-0.4, -0.2) is 42.6 Å². The van der Waals surface area contributed by atoms with Gasteiger partial charge in [0.25, 0.3) is 0 Å². The molecule has 0 spiro atoms. The molecule has 4 rings (SSSR count). The monoisotopic (exact) mass is 508 g/mol. The number of sulfonamides is 1. The van der Waals surface area contributed by atoms with E-state index >= 15 is 0 Å². The van der Waals surface area contributed by atoms with Gasteiger partial charge in [-0.15, -0.1) is 0 Å². The van der Waals surface area contributed by atoms with Gasteiger partial charge in [-0.3, -0.25) is 9.78 Å². The fourth-order valence-electron chi connectivity index (χ4n) is 3.87. The molecular formula is C25H25FN6O3S. The topological polar surface area (TPSA) is 137 Å². The van der Waals surface area contributed by atoms with Gasteiger partial charge in [-0.1, -0.05) is 19.9 Å². The molecule has 1 unspecified atom stereocenters. The van der Waals surface area contributed by atoms with E-state index in [1.807, 2.05) is 19.9 Å². The molecule has 9 nitrogen and oxygen atoms in total. The second-order valence-electron chi connectivity index (χ2n) is 8.77. The lowest BCUT2D eigenvalue weighted by Crippen LogP contribution is -2.56. The summed E-state index contributed by atoms with van der Waals surface area (Å²) in [5.74, 6) is -1.34. The lowest BCUT2D eigenvalue weighted by atomic mass is 9.93.